The molecular formula is C7H13IO. The molecule has 0 saturated heterocycles. The lowest BCUT2D eigenvalue weighted by Gasteiger charge is -1.99. The molecule has 0 aromatic carbocycles. The van der Waals surface area contributed by atoms with Crippen molar-refractivity contribution in [3.8, 4) is 0 Å². The zero-order valence-electron chi connectivity index (χ0n) is 5.98. The van der Waals surface area contributed by atoms with Crippen LogP contribution >= 0.6 is 22.6 Å². The molecule has 0 amide bonds. The minimum Gasteiger partial charge on any atom is -0.288 e. The van der Waals surface area contributed by atoms with Crippen LogP contribution in [0.2, 0.25) is 0 Å². The summed E-state index contributed by atoms with van der Waals surface area (Å²) >= 11 is 1.85. The molecule has 0 aliphatic heterocycles. The summed E-state index contributed by atoms with van der Waals surface area (Å²) in [5, 5.41) is 0. The minimum absolute atomic E-state index is 0.285. The fourth-order valence-corrected chi connectivity index (χ4v) is 1.03. The summed E-state index contributed by atoms with van der Waals surface area (Å²) in [7, 11) is 0. The van der Waals surface area contributed by atoms with Gasteiger partial charge in [-0.2, -0.15) is 0 Å². The summed E-state index contributed by atoms with van der Waals surface area (Å²) in [6.07, 6.45) is 2.98. The molecule has 0 atom stereocenters. The summed E-state index contributed by atoms with van der Waals surface area (Å²) in [5.41, 5.74) is 0. The molecule has 0 unspecified atom stereocenters. The normalized spacial score (nSPS) is 10.2. The van der Waals surface area contributed by atoms with Crippen LogP contribution in [0.5, 0.6) is 0 Å². The van der Waals surface area contributed by atoms with E-state index in [2.05, 4.69) is 13.8 Å². The van der Waals surface area contributed by atoms with E-state index in [4.69, 9.17) is 0 Å². The van der Waals surface area contributed by atoms with E-state index in [1.54, 1.807) is 0 Å². The third kappa shape index (κ3) is 8.40. The van der Waals surface area contributed by atoms with Gasteiger partial charge in [0.25, 0.3) is 0 Å². The second-order valence-electron chi connectivity index (χ2n) is 2.64. The Bertz CT molecular complexity index is 88.9. The standard InChI is InChI=1S/C7H13IO/c1-6(2)4-3-5-7(8)9/h6H,3-5H2,1-2H3. The van der Waals surface area contributed by atoms with Crippen molar-refractivity contribution in [2.45, 2.75) is 33.1 Å². The SMILES string of the molecule is CC(C)CCCC(=O)I. The van der Waals surface area contributed by atoms with Crippen LogP contribution in [-0.2, 0) is 4.79 Å². The summed E-state index contributed by atoms with van der Waals surface area (Å²) in [5.74, 6) is 0.737. The van der Waals surface area contributed by atoms with Gasteiger partial charge >= 0.3 is 0 Å². The molecule has 2 heteroatoms. The van der Waals surface area contributed by atoms with Gasteiger partial charge in [0.15, 0.2) is 3.79 Å². The largest absolute Gasteiger partial charge is 0.288 e. The fraction of sp³-hybridized carbons (Fsp3) is 0.857. The van der Waals surface area contributed by atoms with E-state index < -0.39 is 0 Å². The summed E-state index contributed by atoms with van der Waals surface area (Å²) < 4.78 is 0.285. The van der Waals surface area contributed by atoms with Crippen molar-refractivity contribution in [2.24, 2.45) is 5.92 Å². The van der Waals surface area contributed by atoms with Crippen LogP contribution in [0.3, 0.4) is 0 Å². The van der Waals surface area contributed by atoms with Gasteiger partial charge in [-0.1, -0.05) is 20.3 Å². The highest BCUT2D eigenvalue weighted by molar-refractivity contribution is 14.1. The van der Waals surface area contributed by atoms with E-state index in [1.165, 1.54) is 6.42 Å². The number of carbonyl (C=O) groups is 1. The van der Waals surface area contributed by atoms with Gasteiger partial charge < -0.3 is 0 Å². The Balaban J connectivity index is 3.01. The molecule has 0 fully saturated rings. The predicted octanol–water partition coefficient (Wildman–Crippen LogP) is 2.77. The van der Waals surface area contributed by atoms with Gasteiger partial charge in [0.05, 0.1) is 0 Å². The Labute approximate surface area is 70.4 Å². The Morgan fingerprint density at radius 1 is 1.56 bits per heavy atom. The van der Waals surface area contributed by atoms with Gasteiger partial charge in [0.1, 0.15) is 0 Å². The molecule has 0 aliphatic rings. The van der Waals surface area contributed by atoms with Crippen LogP contribution in [0, 0.1) is 5.92 Å². The number of rotatable bonds is 4. The molecule has 0 spiro atoms. The quantitative estimate of drug-likeness (QED) is 0.545. The van der Waals surface area contributed by atoms with Gasteiger partial charge in [0.2, 0.25) is 0 Å². The van der Waals surface area contributed by atoms with Gasteiger partial charge in [0, 0.05) is 6.42 Å². The highest BCUT2D eigenvalue weighted by atomic mass is 127. The topological polar surface area (TPSA) is 17.1 Å². The van der Waals surface area contributed by atoms with Crippen molar-refractivity contribution in [2.75, 3.05) is 0 Å². The molecule has 0 bridgehead atoms. The molecule has 0 aliphatic carbocycles. The smallest absolute Gasteiger partial charge is 0.192 e. The van der Waals surface area contributed by atoms with Crippen molar-refractivity contribution < 1.29 is 4.79 Å². The lowest BCUT2D eigenvalue weighted by Crippen LogP contribution is -1.90. The number of carbonyl (C=O) groups excluding carboxylic acids is 1. The summed E-state index contributed by atoms with van der Waals surface area (Å²) in [4.78, 5) is 10.4. The van der Waals surface area contributed by atoms with Gasteiger partial charge in [-0.25, -0.2) is 0 Å². The second-order valence-corrected chi connectivity index (χ2v) is 3.84. The average molecular weight is 240 g/mol. The van der Waals surface area contributed by atoms with Gasteiger partial charge in [-0.15, -0.1) is 0 Å². The maximum Gasteiger partial charge on any atom is 0.192 e. The van der Waals surface area contributed by atoms with E-state index >= 15 is 0 Å². The monoisotopic (exact) mass is 240 g/mol. The number of halogens is 1. The van der Waals surface area contributed by atoms with Crippen LogP contribution in [0.25, 0.3) is 0 Å². The molecule has 0 rings (SSSR count). The van der Waals surface area contributed by atoms with Crippen LogP contribution in [0.1, 0.15) is 33.1 Å². The first-order valence-corrected chi connectivity index (χ1v) is 4.39. The Kier molecular flexibility index (Phi) is 5.44. The van der Waals surface area contributed by atoms with Crippen molar-refractivity contribution in [1.82, 2.24) is 0 Å². The zero-order chi connectivity index (χ0) is 7.28. The molecule has 54 valence electrons. The van der Waals surface area contributed by atoms with E-state index in [0.29, 0.717) is 0 Å². The highest BCUT2D eigenvalue weighted by Gasteiger charge is 1.96. The first-order chi connectivity index (χ1) is 4.13. The summed E-state index contributed by atoms with van der Waals surface area (Å²) in [6.45, 7) is 4.36. The Morgan fingerprint density at radius 2 is 2.11 bits per heavy atom. The lowest BCUT2D eigenvalue weighted by molar-refractivity contribution is -0.109. The zero-order valence-corrected chi connectivity index (χ0v) is 8.14. The molecule has 0 aromatic heterocycles. The fourth-order valence-electron chi connectivity index (χ4n) is 0.649. The summed E-state index contributed by atoms with van der Waals surface area (Å²) in [6, 6.07) is 0. The molecule has 1 nitrogen and oxygen atoms in total. The Hall–Kier alpha value is 0.400. The van der Waals surface area contributed by atoms with Crippen molar-refractivity contribution in [3.05, 3.63) is 0 Å². The molecule has 0 saturated carbocycles. The van der Waals surface area contributed by atoms with Crippen molar-refractivity contribution in [1.29, 1.82) is 0 Å². The average Bonchev–Trinajstić information content (AvgIpc) is 1.63. The minimum atomic E-state index is 0.285. The molecular weight excluding hydrogens is 227 g/mol. The first-order valence-electron chi connectivity index (χ1n) is 3.31. The predicted molar refractivity (Wildman–Crippen MR) is 47.7 cm³/mol. The molecule has 0 aromatic rings. The van der Waals surface area contributed by atoms with Crippen molar-refractivity contribution in [3.63, 3.8) is 0 Å². The van der Waals surface area contributed by atoms with Crippen molar-refractivity contribution >= 4 is 26.4 Å². The van der Waals surface area contributed by atoms with Crippen LogP contribution in [-0.4, -0.2) is 3.79 Å². The molecule has 0 heterocycles. The van der Waals surface area contributed by atoms with Crippen LogP contribution < -0.4 is 0 Å². The van der Waals surface area contributed by atoms with Crippen LogP contribution in [0.4, 0.5) is 0 Å². The molecule has 9 heavy (non-hydrogen) atoms. The lowest BCUT2D eigenvalue weighted by atomic mass is 10.1. The molecule has 0 radical (unpaired) electrons. The maximum atomic E-state index is 10.4. The van der Waals surface area contributed by atoms with Gasteiger partial charge in [-0.05, 0) is 34.9 Å². The first kappa shape index (κ1) is 9.40. The van der Waals surface area contributed by atoms with E-state index in [0.717, 1.165) is 18.8 Å². The molecule has 0 N–H and O–H groups in total. The van der Waals surface area contributed by atoms with E-state index in [1.807, 2.05) is 22.6 Å². The van der Waals surface area contributed by atoms with Crippen LogP contribution in [0.15, 0.2) is 0 Å². The van der Waals surface area contributed by atoms with Gasteiger partial charge in [-0.3, -0.25) is 4.79 Å². The number of hydrogen-bond acceptors (Lipinski definition) is 1. The third-order valence-corrected chi connectivity index (χ3v) is 1.69. The third-order valence-electron chi connectivity index (χ3n) is 1.15. The van der Waals surface area contributed by atoms with E-state index in [9.17, 15) is 4.79 Å². The maximum absolute atomic E-state index is 10.4. The highest BCUT2D eigenvalue weighted by Crippen LogP contribution is 2.07. The second kappa shape index (κ2) is 5.21. The Morgan fingerprint density at radius 3 is 2.44 bits per heavy atom. The number of hydrogen-bond donors (Lipinski definition) is 0. The van der Waals surface area contributed by atoms with E-state index in [-0.39, 0.29) is 3.79 Å².